The van der Waals surface area contributed by atoms with Crippen molar-refractivity contribution in [3.8, 4) is 0 Å². The molecule has 0 aliphatic heterocycles. The molecule has 1 heterocycles. The SMILES string of the molecule is CCOC(=O)c1c(C(C)C)nc2c(c1C)[C@@H](O[Si](C)(C)C(C)(C)C)CC(C)(C)C2. The van der Waals surface area contributed by atoms with E-state index in [0.29, 0.717) is 12.2 Å². The van der Waals surface area contributed by atoms with Crippen LogP contribution in [-0.2, 0) is 15.6 Å². The summed E-state index contributed by atoms with van der Waals surface area (Å²) in [6.07, 6.45) is 1.82. The lowest BCUT2D eigenvalue weighted by molar-refractivity contribution is 0.0521. The van der Waals surface area contributed by atoms with Crippen LogP contribution in [0.4, 0.5) is 0 Å². The van der Waals surface area contributed by atoms with Crippen molar-refractivity contribution in [1.29, 1.82) is 0 Å². The second-order valence-corrected chi connectivity index (χ2v) is 15.9. The molecule has 0 N–H and O–H groups in total. The van der Waals surface area contributed by atoms with Gasteiger partial charge < -0.3 is 9.16 Å². The van der Waals surface area contributed by atoms with E-state index in [9.17, 15) is 4.79 Å². The van der Waals surface area contributed by atoms with Crippen molar-refractivity contribution in [1.82, 2.24) is 4.98 Å². The molecule has 5 heteroatoms. The van der Waals surface area contributed by atoms with Crippen LogP contribution in [0, 0.1) is 12.3 Å². The summed E-state index contributed by atoms with van der Waals surface area (Å²) in [6, 6.07) is 0. The van der Waals surface area contributed by atoms with E-state index in [1.54, 1.807) is 0 Å². The number of ether oxygens (including phenoxy) is 1. The minimum atomic E-state index is -1.99. The number of nitrogens with zero attached hydrogens (tertiary/aromatic N) is 1. The Labute approximate surface area is 178 Å². The molecule has 0 amide bonds. The number of rotatable bonds is 5. The lowest BCUT2D eigenvalue weighted by Crippen LogP contribution is -2.44. The maximum Gasteiger partial charge on any atom is 0.340 e. The monoisotopic (exact) mass is 419 g/mol. The van der Waals surface area contributed by atoms with Crippen molar-refractivity contribution in [3.05, 3.63) is 28.1 Å². The summed E-state index contributed by atoms with van der Waals surface area (Å²) >= 11 is 0. The minimum absolute atomic E-state index is 0.0310. The zero-order valence-electron chi connectivity index (χ0n) is 20.4. The van der Waals surface area contributed by atoms with Gasteiger partial charge in [0.15, 0.2) is 8.32 Å². The third-order valence-corrected chi connectivity index (χ3v) is 11.1. The average molecular weight is 420 g/mol. The molecule has 0 saturated carbocycles. The van der Waals surface area contributed by atoms with Crippen LogP contribution in [-0.4, -0.2) is 25.9 Å². The van der Waals surface area contributed by atoms with Crippen molar-refractivity contribution < 1.29 is 14.0 Å². The van der Waals surface area contributed by atoms with Crippen molar-refractivity contribution in [2.24, 2.45) is 5.41 Å². The van der Waals surface area contributed by atoms with Crippen molar-refractivity contribution in [2.45, 2.75) is 105 Å². The normalized spacial score (nSPS) is 19.2. The van der Waals surface area contributed by atoms with Crippen molar-refractivity contribution in [3.63, 3.8) is 0 Å². The van der Waals surface area contributed by atoms with E-state index in [0.717, 1.165) is 35.4 Å². The lowest BCUT2D eigenvalue weighted by Gasteiger charge is -2.44. The van der Waals surface area contributed by atoms with E-state index in [-0.39, 0.29) is 28.4 Å². The number of carbonyl (C=O) groups excluding carboxylic acids is 1. The van der Waals surface area contributed by atoms with Gasteiger partial charge in [0.05, 0.1) is 24.0 Å². The van der Waals surface area contributed by atoms with Gasteiger partial charge in [0, 0.05) is 11.3 Å². The van der Waals surface area contributed by atoms with E-state index >= 15 is 0 Å². The highest BCUT2D eigenvalue weighted by Gasteiger charge is 2.44. The quantitative estimate of drug-likeness (QED) is 0.392. The topological polar surface area (TPSA) is 48.4 Å². The van der Waals surface area contributed by atoms with Gasteiger partial charge in [-0.15, -0.1) is 0 Å². The fraction of sp³-hybridized carbons (Fsp3) is 0.750. The molecule has 2 rings (SSSR count). The molecule has 0 unspecified atom stereocenters. The van der Waals surface area contributed by atoms with E-state index in [1.165, 1.54) is 0 Å². The van der Waals surface area contributed by atoms with Crippen molar-refractivity contribution in [2.75, 3.05) is 6.61 Å². The molecule has 0 spiro atoms. The molecular formula is C24H41NO3Si. The average Bonchev–Trinajstić information content (AvgIpc) is 2.51. The Morgan fingerprint density at radius 1 is 1.28 bits per heavy atom. The maximum absolute atomic E-state index is 12.9. The number of carbonyl (C=O) groups is 1. The van der Waals surface area contributed by atoms with Gasteiger partial charge in [-0.3, -0.25) is 4.98 Å². The molecule has 29 heavy (non-hydrogen) atoms. The predicted molar refractivity (Wildman–Crippen MR) is 122 cm³/mol. The molecule has 0 radical (unpaired) electrons. The zero-order chi connectivity index (χ0) is 22.4. The highest BCUT2D eigenvalue weighted by Crippen LogP contribution is 2.48. The first-order valence-electron chi connectivity index (χ1n) is 11.0. The van der Waals surface area contributed by atoms with Gasteiger partial charge in [-0.25, -0.2) is 4.79 Å². The van der Waals surface area contributed by atoms with E-state index < -0.39 is 8.32 Å². The smallest absolute Gasteiger partial charge is 0.340 e. The fourth-order valence-corrected chi connectivity index (χ4v) is 5.27. The third-order valence-electron chi connectivity index (χ3n) is 6.58. The van der Waals surface area contributed by atoms with Crippen LogP contribution in [0.1, 0.15) is 107 Å². The Morgan fingerprint density at radius 3 is 2.34 bits per heavy atom. The van der Waals surface area contributed by atoms with Crippen molar-refractivity contribution >= 4 is 14.3 Å². The summed E-state index contributed by atoms with van der Waals surface area (Å²) < 4.78 is 12.3. The molecule has 0 bridgehead atoms. The summed E-state index contributed by atoms with van der Waals surface area (Å²) in [5.41, 5.74) is 4.82. The Bertz CT molecular complexity index is 775. The molecule has 1 aliphatic rings. The summed E-state index contributed by atoms with van der Waals surface area (Å²) in [6.45, 7) is 24.4. The molecule has 0 aromatic carbocycles. The number of esters is 1. The number of pyridine rings is 1. The van der Waals surface area contributed by atoms with Crippen LogP contribution in [0.25, 0.3) is 0 Å². The van der Waals surface area contributed by atoms with Gasteiger partial charge in [0.1, 0.15) is 0 Å². The highest BCUT2D eigenvalue weighted by atomic mass is 28.4. The number of hydrogen-bond donors (Lipinski definition) is 0. The number of aromatic nitrogens is 1. The van der Waals surface area contributed by atoms with Gasteiger partial charge in [0.2, 0.25) is 0 Å². The lowest BCUT2D eigenvalue weighted by atomic mass is 9.73. The molecule has 0 saturated heterocycles. The van der Waals surface area contributed by atoms with Crippen LogP contribution < -0.4 is 0 Å². The van der Waals surface area contributed by atoms with Gasteiger partial charge in [-0.2, -0.15) is 0 Å². The summed E-state index contributed by atoms with van der Waals surface area (Å²) in [4.78, 5) is 17.9. The highest BCUT2D eigenvalue weighted by molar-refractivity contribution is 6.74. The Hall–Kier alpha value is -1.20. The zero-order valence-corrected chi connectivity index (χ0v) is 21.4. The molecule has 1 atom stereocenters. The summed E-state index contributed by atoms with van der Waals surface area (Å²) in [7, 11) is -1.99. The van der Waals surface area contributed by atoms with Crippen LogP contribution >= 0.6 is 0 Å². The summed E-state index contributed by atoms with van der Waals surface area (Å²) in [5.74, 6) is -0.108. The van der Waals surface area contributed by atoms with Crippen LogP contribution in [0.3, 0.4) is 0 Å². The van der Waals surface area contributed by atoms with Crippen LogP contribution in [0.2, 0.25) is 18.1 Å². The van der Waals surface area contributed by atoms with E-state index in [1.807, 2.05) is 6.92 Å². The molecule has 1 aromatic heterocycles. The summed E-state index contributed by atoms with van der Waals surface area (Å²) in [5, 5.41) is 0.123. The molecule has 164 valence electrons. The fourth-order valence-electron chi connectivity index (χ4n) is 4.01. The van der Waals surface area contributed by atoms with Gasteiger partial charge in [-0.1, -0.05) is 48.5 Å². The standard InChI is InChI=1S/C24H41NO3Si/c1-12-27-22(26)20-16(4)19-17(25-21(20)15(2)3)13-24(8,9)14-18(19)28-29(10,11)23(5,6)7/h15,18H,12-14H2,1-11H3/t18-/m0/s1. The molecule has 1 aromatic rings. The predicted octanol–water partition coefficient (Wildman–Crippen LogP) is 6.73. The largest absolute Gasteiger partial charge is 0.462 e. The number of hydrogen-bond acceptors (Lipinski definition) is 4. The Morgan fingerprint density at radius 2 is 1.86 bits per heavy atom. The molecule has 1 aliphatic carbocycles. The molecular weight excluding hydrogens is 378 g/mol. The molecule has 4 nitrogen and oxygen atoms in total. The molecule has 0 fully saturated rings. The first kappa shape index (κ1) is 24.1. The second-order valence-electron chi connectivity index (χ2n) is 11.1. The van der Waals surface area contributed by atoms with E-state index in [4.69, 9.17) is 14.1 Å². The number of fused-ring (bicyclic) bond motifs is 1. The van der Waals surface area contributed by atoms with Gasteiger partial charge in [0.25, 0.3) is 0 Å². The first-order valence-corrected chi connectivity index (χ1v) is 13.9. The third kappa shape index (κ3) is 4.93. The first-order chi connectivity index (χ1) is 13.1. The Balaban J connectivity index is 2.70. The second kappa shape index (κ2) is 8.14. The van der Waals surface area contributed by atoms with Crippen LogP contribution in [0.15, 0.2) is 0 Å². The van der Waals surface area contributed by atoms with Gasteiger partial charge >= 0.3 is 5.97 Å². The maximum atomic E-state index is 12.9. The van der Waals surface area contributed by atoms with Gasteiger partial charge in [-0.05, 0) is 61.7 Å². The minimum Gasteiger partial charge on any atom is -0.462 e. The Kier molecular flexibility index (Phi) is 6.76. The van der Waals surface area contributed by atoms with E-state index in [2.05, 4.69) is 68.5 Å². The van der Waals surface area contributed by atoms with Crippen LogP contribution in [0.5, 0.6) is 0 Å².